The molecule has 1 aliphatic heterocycles. The number of hydrogen-bond donors (Lipinski definition) is 1. The highest BCUT2D eigenvalue weighted by Gasteiger charge is 2.13. The van der Waals surface area contributed by atoms with Crippen molar-refractivity contribution in [3.8, 4) is 5.75 Å². The first-order chi connectivity index (χ1) is 12.2. The lowest BCUT2D eigenvalue weighted by Gasteiger charge is -2.16. The Morgan fingerprint density at radius 2 is 2.08 bits per heavy atom. The number of rotatable bonds is 7. The van der Waals surface area contributed by atoms with E-state index < -0.39 is 0 Å². The normalized spacial score (nSPS) is 13.7. The largest absolute Gasteiger partial charge is 0.493 e. The minimum absolute atomic E-state index is 0.0503. The first-order valence-corrected chi connectivity index (χ1v) is 8.93. The molecular weight excluding hydrogens is 338 g/mol. The van der Waals surface area contributed by atoms with Gasteiger partial charge in [-0.3, -0.25) is 4.79 Å². The van der Waals surface area contributed by atoms with Crippen molar-refractivity contribution in [2.24, 2.45) is 0 Å². The van der Waals surface area contributed by atoms with Gasteiger partial charge >= 0.3 is 0 Å². The van der Waals surface area contributed by atoms with E-state index in [0.717, 1.165) is 24.5 Å². The number of amides is 1. The van der Waals surface area contributed by atoms with Crippen LogP contribution in [0.15, 0.2) is 42.6 Å². The molecule has 3 rings (SSSR count). The lowest BCUT2D eigenvalue weighted by Crippen LogP contribution is -2.24. The molecule has 1 saturated heterocycles. The van der Waals surface area contributed by atoms with E-state index in [1.54, 1.807) is 12.1 Å². The Bertz CT molecular complexity index is 700. The number of carbonyl (C=O) groups excluding carboxylic acids is 1. The molecule has 0 aliphatic carbocycles. The summed E-state index contributed by atoms with van der Waals surface area (Å²) in [5, 5.41) is 3.50. The fourth-order valence-electron chi connectivity index (χ4n) is 2.76. The molecule has 1 aliphatic rings. The van der Waals surface area contributed by atoms with Gasteiger partial charge in [0.1, 0.15) is 11.6 Å². The van der Waals surface area contributed by atoms with Crippen LogP contribution in [0.2, 0.25) is 5.02 Å². The number of benzene rings is 1. The zero-order valence-corrected chi connectivity index (χ0v) is 14.8. The summed E-state index contributed by atoms with van der Waals surface area (Å²) in [5.74, 6) is 1.63. The van der Waals surface area contributed by atoms with Gasteiger partial charge in [0.2, 0.25) is 5.91 Å². The third kappa shape index (κ3) is 5.36. The van der Waals surface area contributed by atoms with Gasteiger partial charge in [-0.2, -0.15) is 0 Å². The zero-order valence-electron chi connectivity index (χ0n) is 14.1. The Kier molecular flexibility index (Phi) is 6.12. The maximum absolute atomic E-state index is 11.9. The smallest absolute Gasteiger partial charge is 0.223 e. The Hall–Kier alpha value is -2.27. The van der Waals surface area contributed by atoms with Gasteiger partial charge in [-0.25, -0.2) is 4.98 Å². The molecule has 1 aromatic carbocycles. The van der Waals surface area contributed by atoms with Gasteiger partial charge in [0.05, 0.1) is 13.0 Å². The summed E-state index contributed by atoms with van der Waals surface area (Å²) in [6.07, 6.45) is 4.59. The summed E-state index contributed by atoms with van der Waals surface area (Å²) in [6, 6.07) is 11.2. The average Bonchev–Trinajstić information content (AvgIpc) is 3.15. The number of pyridine rings is 1. The predicted octanol–water partition coefficient (Wildman–Crippen LogP) is 3.42. The number of ether oxygens (including phenoxy) is 1. The van der Waals surface area contributed by atoms with Crippen LogP contribution in [0.25, 0.3) is 0 Å². The van der Waals surface area contributed by atoms with Crippen molar-refractivity contribution in [1.29, 1.82) is 0 Å². The predicted molar refractivity (Wildman–Crippen MR) is 99.1 cm³/mol. The fourth-order valence-corrected chi connectivity index (χ4v) is 2.94. The Morgan fingerprint density at radius 3 is 2.80 bits per heavy atom. The number of nitrogens with zero attached hydrogens (tertiary/aromatic N) is 2. The molecule has 1 amide bonds. The highest BCUT2D eigenvalue weighted by atomic mass is 35.5. The highest BCUT2D eigenvalue weighted by molar-refractivity contribution is 6.30. The van der Waals surface area contributed by atoms with Crippen LogP contribution < -0.4 is 15.0 Å². The maximum atomic E-state index is 11.9. The number of halogens is 1. The van der Waals surface area contributed by atoms with Crippen LogP contribution >= 0.6 is 11.6 Å². The summed E-state index contributed by atoms with van der Waals surface area (Å²) >= 11 is 5.89. The van der Waals surface area contributed by atoms with Gasteiger partial charge in [-0.05, 0) is 42.7 Å². The third-order valence-corrected chi connectivity index (χ3v) is 4.36. The number of nitrogens with one attached hydrogen (secondary N) is 1. The van der Waals surface area contributed by atoms with Crippen molar-refractivity contribution in [3.63, 3.8) is 0 Å². The van der Waals surface area contributed by atoms with Gasteiger partial charge in [-0.15, -0.1) is 0 Å². The molecule has 1 aromatic heterocycles. The first kappa shape index (κ1) is 17.5. The van der Waals surface area contributed by atoms with E-state index in [-0.39, 0.29) is 5.91 Å². The Morgan fingerprint density at radius 1 is 1.24 bits per heavy atom. The van der Waals surface area contributed by atoms with Gasteiger partial charge in [0, 0.05) is 30.9 Å². The lowest BCUT2D eigenvalue weighted by molar-refractivity contribution is -0.121. The molecule has 0 bridgehead atoms. The first-order valence-electron chi connectivity index (χ1n) is 8.56. The van der Waals surface area contributed by atoms with Crippen molar-refractivity contribution in [1.82, 2.24) is 10.3 Å². The molecule has 1 N–H and O–H groups in total. The molecule has 2 aromatic rings. The quantitative estimate of drug-likeness (QED) is 0.823. The molecule has 0 spiro atoms. The van der Waals surface area contributed by atoms with E-state index in [4.69, 9.17) is 16.3 Å². The lowest BCUT2D eigenvalue weighted by atomic mass is 10.2. The van der Waals surface area contributed by atoms with E-state index in [2.05, 4.69) is 15.2 Å². The molecule has 0 atom stereocenters. The van der Waals surface area contributed by atoms with Crippen LogP contribution in [-0.2, 0) is 11.3 Å². The van der Waals surface area contributed by atoms with Crippen LogP contribution in [-0.4, -0.2) is 30.6 Å². The number of anilines is 1. The molecule has 0 radical (unpaired) electrons. The fraction of sp³-hybridized carbons (Fsp3) is 0.368. The molecule has 0 unspecified atom stereocenters. The SMILES string of the molecule is O=C(CCOc1cccc(Cl)c1)NCc1ccc(N2CCCC2)nc1. The minimum atomic E-state index is -0.0503. The molecule has 1 fully saturated rings. The summed E-state index contributed by atoms with van der Waals surface area (Å²) in [6.45, 7) is 2.95. The maximum Gasteiger partial charge on any atom is 0.223 e. The van der Waals surface area contributed by atoms with Gasteiger partial charge in [0.25, 0.3) is 0 Å². The Balaban J connectivity index is 1.38. The highest BCUT2D eigenvalue weighted by Crippen LogP contribution is 2.18. The molecule has 0 saturated carbocycles. The second-order valence-electron chi connectivity index (χ2n) is 6.05. The van der Waals surface area contributed by atoms with E-state index in [0.29, 0.717) is 30.3 Å². The minimum Gasteiger partial charge on any atom is -0.493 e. The van der Waals surface area contributed by atoms with Crippen LogP contribution in [0, 0.1) is 0 Å². The Labute approximate surface area is 153 Å². The van der Waals surface area contributed by atoms with Crippen molar-refractivity contribution in [3.05, 3.63) is 53.2 Å². The third-order valence-electron chi connectivity index (χ3n) is 4.12. The number of hydrogen-bond acceptors (Lipinski definition) is 4. The summed E-state index contributed by atoms with van der Waals surface area (Å²) in [4.78, 5) is 18.7. The van der Waals surface area contributed by atoms with E-state index in [9.17, 15) is 4.79 Å². The average molecular weight is 360 g/mol. The number of aromatic nitrogens is 1. The molecule has 132 valence electrons. The van der Waals surface area contributed by atoms with Crippen LogP contribution in [0.5, 0.6) is 5.75 Å². The molecular formula is C19H22ClN3O2. The van der Waals surface area contributed by atoms with Crippen LogP contribution in [0.3, 0.4) is 0 Å². The topological polar surface area (TPSA) is 54.5 Å². The van der Waals surface area contributed by atoms with Crippen molar-refractivity contribution < 1.29 is 9.53 Å². The van der Waals surface area contributed by atoms with Crippen molar-refractivity contribution >= 4 is 23.3 Å². The van der Waals surface area contributed by atoms with Gasteiger partial charge < -0.3 is 15.0 Å². The molecule has 5 nitrogen and oxygen atoms in total. The second-order valence-corrected chi connectivity index (χ2v) is 6.49. The molecule has 25 heavy (non-hydrogen) atoms. The summed E-state index contributed by atoms with van der Waals surface area (Å²) in [7, 11) is 0. The van der Waals surface area contributed by atoms with Crippen molar-refractivity contribution in [2.45, 2.75) is 25.8 Å². The van der Waals surface area contributed by atoms with Crippen LogP contribution in [0.4, 0.5) is 5.82 Å². The van der Waals surface area contributed by atoms with E-state index >= 15 is 0 Å². The summed E-state index contributed by atoms with van der Waals surface area (Å²) in [5.41, 5.74) is 0.993. The monoisotopic (exact) mass is 359 g/mol. The standard InChI is InChI=1S/C19H22ClN3O2/c20-16-4-3-5-17(12-16)25-11-8-19(24)22-14-15-6-7-18(21-13-15)23-9-1-2-10-23/h3-7,12-13H,1-2,8-11,14H2,(H,22,24). The van der Waals surface area contributed by atoms with Gasteiger partial charge in [0.15, 0.2) is 0 Å². The molecule has 2 heterocycles. The molecule has 6 heteroatoms. The summed E-state index contributed by atoms with van der Waals surface area (Å²) < 4.78 is 5.52. The van der Waals surface area contributed by atoms with Crippen molar-refractivity contribution in [2.75, 3.05) is 24.6 Å². The number of carbonyl (C=O) groups is 1. The van der Waals surface area contributed by atoms with Crippen LogP contribution in [0.1, 0.15) is 24.8 Å². The van der Waals surface area contributed by atoms with E-state index in [1.807, 2.05) is 30.5 Å². The van der Waals surface area contributed by atoms with Gasteiger partial charge in [-0.1, -0.05) is 23.7 Å². The van der Waals surface area contributed by atoms with E-state index in [1.165, 1.54) is 12.8 Å². The second kappa shape index (κ2) is 8.72. The zero-order chi connectivity index (χ0) is 17.5.